The van der Waals surface area contributed by atoms with Crippen LogP contribution in [-0.2, 0) is 0 Å². The number of amidine groups is 1. The van der Waals surface area contributed by atoms with E-state index in [0.29, 0.717) is 17.1 Å². The summed E-state index contributed by atoms with van der Waals surface area (Å²) in [5.41, 5.74) is 0.542. The number of ether oxygens (including phenoxy) is 1. The molecular weight excluding hydrogens is 252 g/mol. The van der Waals surface area contributed by atoms with Gasteiger partial charge in [0.2, 0.25) is 0 Å². The summed E-state index contributed by atoms with van der Waals surface area (Å²) in [6, 6.07) is 6.99. The molecule has 0 aliphatic heterocycles. The van der Waals surface area contributed by atoms with Gasteiger partial charge < -0.3 is 10.1 Å². The number of hydrogen-bond donors (Lipinski definition) is 1. The first-order valence-electron chi connectivity index (χ1n) is 6.80. The second-order valence-electron chi connectivity index (χ2n) is 3.61. The molecule has 1 amide bonds. The zero-order valence-corrected chi connectivity index (χ0v) is 12.9. The first-order chi connectivity index (χ1) is 9.71. The molecule has 0 atom stereocenters. The number of benzene rings is 1. The molecule has 0 aromatic heterocycles. The van der Waals surface area contributed by atoms with E-state index in [0.717, 1.165) is 6.42 Å². The lowest BCUT2D eigenvalue weighted by Gasteiger charge is -2.06. The van der Waals surface area contributed by atoms with Crippen LogP contribution in [0, 0.1) is 0 Å². The highest BCUT2D eigenvalue weighted by atomic mass is 16.5. The van der Waals surface area contributed by atoms with Gasteiger partial charge in [-0.1, -0.05) is 32.9 Å². The first kappa shape index (κ1) is 17.9. The fourth-order valence-corrected chi connectivity index (χ4v) is 1.35. The normalized spacial score (nSPS) is 10.8. The number of allylic oxidation sites excluding steroid dienone is 1. The van der Waals surface area contributed by atoms with Crippen LogP contribution in [0.3, 0.4) is 0 Å². The van der Waals surface area contributed by atoms with Crippen molar-refractivity contribution in [2.24, 2.45) is 4.99 Å². The quantitative estimate of drug-likeness (QED) is 0.676. The number of carbonyl (C=O) groups excluding carboxylic acids is 1. The van der Waals surface area contributed by atoms with Crippen LogP contribution in [0.25, 0.3) is 0 Å². The average Bonchev–Trinajstić information content (AvgIpc) is 2.53. The SMILES string of the molecule is CC.CC/C=C\C(=NC)NC(=O)c1cccc(OC)c1. The van der Waals surface area contributed by atoms with Crippen molar-refractivity contribution in [2.45, 2.75) is 27.2 Å². The van der Waals surface area contributed by atoms with E-state index in [2.05, 4.69) is 10.3 Å². The van der Waals surface area contributed by atoms with Crippen molar-refractivity contribution in [3.8, 4) is 5.75 Å². The van der Waals surface area contributed by atoms with E-state index in [1.54, 1.807) is 44.5 Å². The Morgan fingerprint density at radius 3 is 2.65 bits per heavy atom. The monoisotopic (exact) mass is 276 g/mol. The number of nitrogens with one attached hydrogen (secondary N) is 1. The lowest BCUT2D eigenvalue weighted by molar-refractivity contribution is 0.0977. The number of nitrogens with zero attached hydrogens (tertiary/aromatic N) is 1. The van der Waals surface area contributed by atoms with E-state index in [-0.39, 0.29) is 5.91 Å². The lowest BCUT2D eigenvalue weighted by Crippen LogP contribution is -2.29. The van der Waals surface area contributed by atoms with E-state index in [9.17, 15) is 4.79 Å². The van der Waals surface area contributed by atoms with E-state index >= 15 is 0 Å². The number of carbonyl (C=O) groups is 1. The molecule has 1 aromatic rings. The topological polar surface area (TPSA) is 50.7 Å². The Balaban J connectivity index is 0.00000172. The number of rotatable bonds is 4. The highest BCUT2D eigenvalue weighted by Crippen LogP contribution is 2.12. The standard InChI is InChI=1S/C14H18N2O2.C2H6/c1-4-5-9-13(15-2)16-14(17)11-7-6-8-12(10-11)18-3;1-2/h5-10H,4H2,1-3H3,(H,15,16,17);1-2H3/b9-5-;. The molecule has 1 aromatic carbocycles. The van der Waals surface area contributed by atoms with E-state index in [1.807, 2.05) is 26.8 Å². The van der Waals surface area contributed by atoms with Crippen LogP contribution in [0.4, 0.5) is 0 Å². The van der Waals surface area contributed by atoms with Crippen LogP contribution in [0.15, 0.2) is 41.4 Å². The Morgan fingerprint density at radius 2 is 2.10 bits per heavy atom. The van der Waals surface area contributed by atoms with Crippen LogP contribution in [0.5, 0.6) is 5.75 Å². The Hall–Kier alpha value is -2.10. The number of methoxy groups -OCH3 is 1. The Kier molecular flexibility index (Phi) is 9.66. The molecule has 1 N–H and O–H groups in total. The molecule has 0 heterocycles. The van der Waals surface area contributed by atoms with Crippen molar-refractivity contribution in [1.82, 2.24) is 5.32 Å². The molecule has 0 spiro atoms. The van der Waals surface area contributed by atoms with Gasteiger partial charge in [0.25, 0.3) is 5.91 Å². The van der Waals surface area contributed by atoms with E-state index < -0.39 is 0 Å². The summed E-state index contributed by atoms with van der Waals surface area (Å²) in [7, 11) is 3.21. The second-order valence-corrected chi connectivity index (χ2v) is 3.61. The van der Waals surface area contributed by atoms with E-state index in [1.165, 1.54) is 0 Å². The van der Waals surface area contributed by atoms with Crippen molar-refractivity contribution in [1.29, 1.82) is 0 Å². The molecule has 0 saturated carbocycles. The van der Waals surface area contributed by atoms with Crippen molar-refractivity contribution < 1.29 is 9.53 Å². The minimum atomic E-state index is -0.199. The van der Waals surface area contributed by atoms with Crippen LogP contribution in [-0.4, -0.2) is 25.9 Å². The molecular formula is C16H24N2O2. The molecule has 0 aliphatic rings. The Bertz CT molecular complexity index is 465. The van der Waals surface area contributed by atoms with Crippen molar-refractivity contribution in [3.63, 3.8) is 0 Å². The molecule has 1 rings (SSSR count). The van der Waals surface area contributed by atoms with Crippen molar-refractivity contribution in [3.05, 3.63) is 42.0 Å². The fourth-order valence-electron chi connectivity index (χ4n) is 1.35. The predicted molar refractivity (Wildman–Crippen MR) is 84.6 cm³/mol. The molecule has 4 nitrogen and oxygen atoms in total. The molecule has 4 heteroatoms. The van der Waals surface area contributed by atoms with Gasteiger partial charge >= 0.3 is 0 Å². The number of aliphatic imine (C=N–C) groups is 1. The fraction of sp³-hybridized carbons (Fsp3) is 0.375. The third-order valence-electron chi connectivity index (χ3n) is 2.33. The summed E-state index contributed by atoms with van der Waals surface area (Å²) < 4.78 is 5.08. The summed E-state index contributed by atoms with van der Waals surface area (Å²) in [5, 5.41) is 2.74. The van der Waals surface area contributed by atoms with Gasteiger partial charge in [-0.15, -0.1) is 0 Å². The van der Waals surface area contributed by atoms with Gasteiger partial charge in [0.1, 0.15) is 11.6 Å². The van der Waals surface area contributed by atoms with Crippen LogP contribution in [0.1, 0.15) is 37.6 Å². The average molecular weight is 276 g/mol. The first-order valence-corrected chi connectivity index (χ1v) is 6.80. The van der Waals surface area contributed by atoms with Gasteiger partial charge in [-0.2, -0.15) is 0 Å². The van der Waals surface area contributed by atoms with Crippen LogP contribution < -0.4 is 10.1 Å². The summed E-state index contributed by atoms with van der Waals surface area (Å²) >= 11 is 0. The van der Waals surface area contributed by atoms with Gasteiger partial charge in [-0.05, 0) is 30.7 Å². The van der Waals surface area contributed by atoms with Gasteiger partial charge in [-0.3, -0.25) is 9.79 Å². The van der Waals surface area contributed by atoms with Gasteiger partial charge in [-0.25, -0.2) is 0 Å². The largest absolute Gasteiger partial charge is 0.497 e. The third-order valence-corrected chi connectivity index (χ3v) is 2.33. The summed E-state index contributed by atoms with van der Waals surface area (Å²) in [6.07, 6.45) is 4.63. The predicted octanol–water partition coefficient (Wildman–Crippen LogP) is 3.45. The minimum Gasteiger partial charge on any atom is -0.497 e. The lowest BCUT2D eigenvalue weighted by atomic mass is 10.2. The molecule has 20 heavy (non-hydrogen) atoms. The summed E-state index contributed by atoms with van der Waals surface area (Å²) in [6.45, 7) is 6.02. The van der Waals surface area contributed by atoms with Crippen molar-refractivity contribution >= 4 is 11.7 Å². The zero-order valence-electron chi connectivity index (χ0n) is 12.9. The molecule has 0 radical (unpaired) electrons. The third kappa shape index (κ3) is 6.18. The van der Waals surface area contributed by atoms with Gasteiger partial charge in [0, 0.05) is 12.6 Å². The Labute approximate surface area is 121 Å². The maximum atomic E-state index is 12.0. The molecule has 0 unspecified atom stereocenters. The van der Waals surface area contributed by atoms with Gasteiger partial charge in [0.05, 0.1) is 7.11 Å². The molecule has 0 aliphatic carbocycles. The summed E-state index contributed by atoms with van der Waals surface area (Å²) in [4.78, 5) is 16.0. The maximum Gasteiger partial charge on any atom is 0.256 e. The molecule has 0 fully saturated rings. The van der Waals surface area contributed by atoms with Crippen LogP contribution in [0.2, 0.25) is 0 Å². The highest BCUT2D eigenvalue weighted by molar-refractivity contribution is 6.10. The number of amides is 1. The molecule has 110 valence electrons. The maximum absolute atomic E-state index is 12.0. The molecule has 0 saturated heterocycles. The smallest absolute Gasteiger partial charge is 0.256 e. The van der Waals surface area contributed by atoms with Crippen molar-refractivity contribution in [2.75, 3.05) is 14.2 Å². The summed E-state index contributed by atoms with van der Waals surface area (Å²) in [5.74, 6) is 1.00. The second kappa shape index (κ2) is 10.8. The highest BCUT2D eigenvalue weighted by Gasteiger charge is 2.07. The van der Waals surface area contributed by atoms with Crippen LogP contribution >= 0.6 is 0 Å². The van der Waals surface area contributed by atoms with E-state index in [4.69, 9.17) is 4.74 Å². The number of hydrogen-bond acceptors (Lipinski definition) is 3. The zero-order chi connectivity index (χ0) is 15.4. The van der Waals surface area contributed by atoms with Gasteiger partial charge in [0.15, 0.2) is 0 Å². The Morgan fingerprint density at radius 1 is 1.40 bits per heavy atom. The molecule has 0 bridgehead atoms. The minimum absolute atomic E-state index is 0.199.